The molecule has 2 amide bonds. The monoisotopic (exact) mass is 397 g/mol. The molecule has 2 aromatic rings. The number of hydrogen-bond acceptors (Lipinski definition) is 5. The molecule has 9 heteroatoms. The van der Waals surface area contributed by atoms with E-state index in [2.05, 4.69) is 20.3 Å². The van der Waals surface area contributed by atoms with Crippen molar-refractivity contribution in [1.29, 1.82) is 0 Å². The van der Waals surface area contributed by atoms with Crippen molar-refractivity contribution in [1.82, 2.24) is 19.5 Å². The summed E-state index contributed by atoms with van der Waals surface area (Å²) in [5, 5.41) is 7.26. The second-order valence-corrected chi connectivity index (χ2v) is 7.85. The van der Waals surface area contributed by atoms with Gasteiger partial charge >= 0.3 is 6.03 Å². The van der Waals surface area contributed by atoms with Gasteiger partial charge < -0.3 is 15.1 Å². The summed E-state index contributed by atoms with van der Waals surface area (Å²) in [4.78, 5) is 25.5. The van der Waals surface area contributed by atoms with E-state index in [1.165, 1.54) is 6.21 Å². The molecule has 3 aliphatic rings. The summed E-state index contributed by atoms with van der Waals surface area (Å²) in [7, 11) is 0. The zero-order valence-corrected chi connectivity index (χ0v) is 16.2. The van der Waals surface area contributed by atoms with E-state index in [9.17, 15) is 9.18 Å². The molecule has 2 atom stereocenters. The highest BCUT2D eigenvalue weighted by Gasteiger charge is 2.33. The average molecular weight is 397 g/mol. The lowest BCUT2D eigenvalue weighted by molar-refractivity contribution is 0.222. The first-order valence-corrected chi connectivity index (χ1v) is 10.2. The maximum atomic E-state index is 13.7. The van der Waals surface area contributed by atoms with E-state index in [1.54, 1.807) is 16.8 Å². The highest BCUT2D eigenvalue weighted by Crippen LogP contribution is 2.32. The van der Waals surface area contributed by atoms with E-state index in [0.717, 1.165) is 51.1 Å². The highest BCUT2D eigenvalue weighted by molar-refractivity contribution is 5.93. The number of allylic oxidation sites excluding steroid dienone is 1. The average Bonchev–Trinajstić information content (AvgIpc) is 3.48. The van der Waals surface area contributed by atoms with Crippen LogP contribution in [0.15, 0.2) is 35.4 Å². The van der Waals surface area contributed by atoms with E-state index in [-0.39, 0.29) is 23.8 Å². The van der Waals surface area contributed by atoms with Crippen LogP contribution in [0.5, 0.6) is 0 Å². The number of nitrogens with one attached hydrogen (secondary N) is 1. The molecule has 0 spiro atoms. The van der Waals surface area contributed by atoms with Gasteiger partial charge in [-0.2, -0.15) is 5.10 Å². The largest absolute Gasteiger partial charge is 0.353 e. The number of aromatic nitrogens is 3. The van der Waals surface area contributed by atoms with Crippen molar-refractivity contribution in [2.24, 2.45) is 10.9 Å². The second-order valence-electron chi connectivity index (χ2n) is 7.85. The van der Waals surface area contributed by atoms with Crippen molar-refractivity contribution >= 4 is 29.4 Å². The van der Waals surface area contributed by atoms with Crippen LogP contribution in [0.4, 0.5) is 20.7 Å². The fourth-order valence-corrected chi connectivity index (χ4v) is 4.54. The van der Waals surface area contributed by atoms with Crippen LogP contribution in [-0.2, 0) is 0 Å². The fourth-order valence-electron chi connectivity index (χ4n) is 4.54. The minimum Gasteiger partial charge on any atom is -0.353 e. The molecule has 1 N–H and O–H groups in total. The van der Waals surface area contributed by atoms with Crippen molar-refractivity contribution < 1.29 is 9.18 Å². The molecule has 2 fully saturated rings. The highest BCUT2D eigenvalue weighted by atomic mass is 19.1. The second kappa shape index (κ2) is 7.46. The van der Waals surface area contributed by atoms with Gasteiger partial charge in [-0.3, -0.25) is 4.99 Å². The van der Waals surface area contributed by atoms with Crippen LogP contribution < -0.4 is 10.2 Å². The number of halogens is 1. The predicted octanol–water partition coefficient (Wildman–Crippen LogP) is 2.88. The molecular weight excluding hydrogens is 373 g/mol. The minimum absolute atomic E-state index is 0.0415. The summed E-state index contributed by atoms with van der Waals surface area (Å²) in [5.74, 6) is 0.597. The lowest BCUT2D eigenvalue weighted by atomic mass is 9.95. The van der Waals surface area contributed by atoms with Crippen molar-refractivity contribution in [3.63, 3.8) is 0 Å². The molecule has 0 bridgehead atoms. The number of likely N-dealkylation sites (tertiary alicyclic amines) is 1. The quantitative estimate of drug-likeness (QED) is 0.864. The fraction of sp³-hybridized carbons (Fsp3) is 0.500. The number of rotatable bonds is 3. The van der Waals surface area contributed by atoms with Crippen LogP contribution in [-0.4, -0.2) is 64.0 Å². The van der Waals surface area contributed by atoms with Gasteiger partial charge in [-0.05, 0) is 37.8 Å². The molecule has 0 aliphatic carbocycles. The molecule has 3 aliphatic heterocycles. The smallest absolute Gasteiger partial charge is 0.321 e. The number of aliphatic imine (C=N–C) groups is 1. The van der Waals surface area contributed by atoms with Crippen LogP contribution in [0.2, 0.25) is 0 Å². The Kier molecular flexibility index (Phi) is 4.65. The summed E-state index contributed by atoms with van der Waals surface area (Å²) in [6, 6.07) is 1.99. The Morgan fingerprint density at radius 1 is 1.21 bits per heavy atom. The van der Waals surface area contributed by atoms with Crippen molar-refractivity contribution in [2.45, 2.75) is 31.7 Å². The molecule has 152 valence electrons. The van der Waals surface area contributed by atoms with Gasteiger partial charge in [0.05, 0.1) is 12.4 Å². The molecule has 2 unspecified atom stereocenters. The maximum Gasteiger partial charge on any atom is 0.321 e. The van der Waals surface area contributed by atoms with Gasteiger partial charge in [0, 0.05) is 44.3 Å². The number of urea groups is 1. The molecule has 5 heterocycles. The topological polar surface area (TPSA) is 78.1 Å². The van der Waals surface area contributed by atoms with Crippen molar-refractivity contribution in [3.8, 4) is 0 Å². The van der Waals surface area contributed by atoms with Crippen molar-refractivity contribution in [2.75, 3.05) is 36.4 Å². The van der Waals surface area contributed by atoms with E-state index in [4.69, 9.17) is 4.98 Å². The first kappa shape index (κ1) is 18.1. The molecule has 0 aromatic carbocycles. The Balaban J connectivity index is 1.40. The summed E-state index contributed by atoms with van der Waals surface area (Å²) >= 11 is 0. The Hall–Kier alpha value is -2.97. The summed E-state index contributed by atoms with van der Waals surface area (Å²) < 4.78 is 15.4. The van der Waals surface area contributed by atoms with Gasteiger partial charge in [0.25, 0.3) is 0 Å². The Morgan fingerprint density at radius 3 is 2.90 bits per heavy atom. The van der Waals surface area contributed by atoms with E-state index >= 15 is 0 Å². The first-order chi connectivity index (χ1) is 14.2. The van der Waals surface area contributed by atoms with Gasteiger partial charge in [-0.25, -0.2) is 18.7 Å². The number of carbonyl (C=O) groups excluding carboxylic acids is 1. The molecule has 0 saturated carbocycles. The third kappa shape index (κ3) is 3.45. The number of dihydropyridines is 1. The van der Waals surface area contributed by atoms with Gasteiger partial charge in [0.1, 0.15) is 17.3 Å². The maximum absolute atomic E-state index is 13.7. The van der Waals surface area contributed by atoms with Gasteiger partial charge in [0.15, 0.2) is 5.65 Å². The Morgan fingerprint density at radius 2 is 2.07 bits per heavy atom. The van der Waals surface area contributed by atoms with Crippen LogP contribution in [0.1, 0.15) is 25.7 Å². The van der Waals surface area contributed by atoms with E-state index in [1.807, 2.05) is 17.2 Å². The number of fused-ring (bicyclic) bond motifs is 1. The Bertz CT molecular complexity index is 978. The van der Waals surface area contributed by atoms with Gasteiger partial charge in [-0.1, -0.05) is 0 Å². The molecule has 5 rings (SSSR count). The van der Waals surface area contributed by atoms with Crippen LogP contribution in [0.25, 0.3) is 5.65 Å². The van der Waals surface area contributed by atoms with Crippen LogP contribution in [0, 0.1) is 5.92 Å². The molecular formula is C20H24FN7O. The molecule has 29 heavy (non-hydrogen) atoms. The number of amides is 2. The SMILES string of the molecule is O=C(Nc1cnn2ccc(N3CCCC3C3C=C(F)C=NC3)nc12)N1CCCC1. The Labute approximate surface area is 168 Å². The van der Waals surface area contributed by atoms with E-state index in [0.29, 0.717) is 17.9 Å². The first-order valence-electron chi connectivity index (χ1n) is 10.2. The number of carbonyl (C=O) groups is 1. The number of nitrogens with zero attached hydrogens (tertiary/aromatic N) is 6. The van der Waals surface area contributed by atoms with Gasteiger partial charge in [0.2, 0.25) is 0 Å². The molecule has 2 aromatic heterocycles. The zero-order valence-electron chi connectivity index (χ0n) is 16.2. The molecule has 8 nitrogen and oxygen atoms in total. The van der Waals surface area contributed by atoms with Crippen molar-refractivity contribution in [3.05, 3.63) is 30.4 Å². The summed E-state index contributed by atoms with van der Waals surface area (Å²) in [6.45, 7) is 3.04. The third-order valence-corrected chi connectivity index (χ3v) is 5.98. The molecule has 2 saturated heterocycles. The standard InChI is InChI=1S/C20H24FN7O/c21-15-10-14(11-22-12-15)17-4-3-8-27(17)18-5-9-28-19(25-18)16(13-23-28)24-20(29)26-6-1-2-7-26/h5,9-10,12-14,17H,1-4,6-8,11H2,(H,24,29). The van der Waals surface area contributed by atoms with Crippen LogP contribution >= 0.6 is 0 Å². The minimum atomic E-state index is -0.265. The van der Waals surface area contributed by atoms with Gasteiger partial charge in [-0.15, -0.1) is 0 Å². The lowest BCUT2D eigenvalue weighted by Crippen LogP contribution is -2.37. The number of hydrogen-bond donors (Lipinski definition) is 1. The normalized spacial score (nSPS) is 24.4. The summed E-state index contributed by atoms with van der Waals surface area (Å²) in [5.41, 5.74) is 1.22. The van der Waals surface area contributed by atoms with Crippen LogP contribution in [0.3, 0.4) is 0 Å². The predicted molar refractivity (Wildman–Crippen MR) is 109 cm³/mol. The number of anilines is 2. The third-order valence-electron chi connectivity index (χ3n) is 5.98. The molecule has 0 radical (unpaired) electrons. The van der Waals surface area contributed by atoms with E-state index < -0.39 is 0 Å². The zero-order chi connectivity index (χ0) is 19.8. The summed E-state index contributed by atoms with van der Waals surface area (Å²) in [6.07, 6.45) is 10.6. The lowest BCUT2D eigenvalue weighted by Gasteiger charge is -2.31.